The van der Waals surface area contributed by atoms with E-state index in [2.05, 4.69) is 154 Å². The van der Waals surface area contributed by atoms with E-state index in [-0.39, 0.29) is 31.1 Å². The van der Waals surface area contributed by atoms with Gasteiger partial charge in [-0.2, -0.15) is 0 Å². The first kappa shape index (κ1) is 70.5. The third kappa shape index (κ3) is 60.3. The normalized spacial score (nSPS) is 13.1. The number of rotatable bonds is 54. The molecule has 0 saturated heterocycles. The summed E-state index contributed by atoms with van der Waals surface area (Å²) in [5, 5.41) is 0. The van der Waals surface area contributed by atoms with Gasteiger partial charge in [0.2, 0.25) is 0 Å². The van der Waals surface area contributed by atoms with Gasteiger partial charge in [-0.3, -0.25) is 14.4 Å². The molecule has 0 rings (SSSR count). The van der Waals surface area contributed by atoms with Gasteiger partial charge in [0.1, 0.15) is 13.2 Å². The molecule has 0 heterocycles. The highest BCUT2D eigenvalue weighted by Gasteiger charge is 2.19. The Labute approximate surface area is 462 Å². The fourth-order valence-corrected chi connectivity index (χ4v) is 8.05. The third-order valence-electron chi connectivity index (χ3n) is 12.6. The van der Waals surface area contributed by atoms with E-state index in [9.17, 15) is 14.4 Å². The Hall–Kier alpha value is -4.45. The van der Waals surface area contributed by atoms with Crippen molar-refractivity contribution in [2.45, 2.75) is 271 Å². The van der Waals surface area contributed by atoms with Gasteiger partial charge in [0, 0.05) is 19.3 Å². The molecule has 0 aromatic carbocycles. The van der Waals surface area contributed by atoms with Gasteiger partial charge in [-0.1, -0.05) is 257 Å². The number of carbonyl (C=O) groups excluding carboxylic acids is 3. The van der Waals surface area contributed by atoms with E-state index in [1.165, 1.54) is 77.0 Å². The van der Waals surface area contributed by atoms with E-state index in [0.29, 0.717) is 19.3 Å². The zero-order valence-electron chi connectivity index (χ0n) is 48.5. The molecule has 0 amide bonds. The van der Waals surface area contributed by atoms with Gasteiger partial charge in [0.25, 0.3) is 0 Å². The highest BCUT2D eigenvalue weighted by molar-refractivity contribution is 5.71. The van der Waals surface area contributed by atoms with Crippen molar-refractivity contribution < 1.29 is 28.6 Å². The summed E-state index contributed by atoms with van der Waals surface area (Å²) in [6.45, 7) is 6.45. The summed E-state index contributed by atoms with van der Waals surface area (Å²) in [4.78, 5) is 38.0. The molecule has 1 atom stereocenters. The molecule has 75 heavy (non-hydrogen) atoms. The van der Waals surface area contributed by atoms with Crippen molar-refractivity contribution in [3.63, 3.8) is 0 Å². The first-order valence-corrected chi connectivity index (χ1v) is 30.7. The smallest absolute Gasteiger partial charge is 0.306 e. The number of unbranched alkanes of at least 4 members (excludes halogenated alkanes) is 21. The summed E-state index contributed by atoms with van der Waals surface area (Å²) < 4.78 is 16.8. The largest absolute Gasteiger partial charge is 0.462 e. The SMILES string of the molecule is CC/C=C\C/C=C\C/C=C\C/C=C\C/C=C\C/C=C\C/C=C\C/C=C\C/C=C\C/C=C\CCCCCCC(=O)OCC(COC(=O)CCCCCCCCCC)OC(=O)CCCCCCC/C=C\CCCCCCC. The number of hydrogen-bond donors (Lipinski definition) is 0. The van der Waals surface area contributed by atoms with Gasteiger partial charge >= 0.3 is 17.9 Å². The molecule has 0 aromatic heterocycles. The quantitative estimate of drug-likeness (QED) is 0.0261. The predicted octanol–water partition coefficient (Wildman–Crippen LogP) is 21.0. The fourth-order valence-electron chi connectivity index (χ4n) is 8.05. The number of hydrogen-bond acceptors (Lipinski definition) is 6. The van der Waals surface area contributed by atoms with Crippen LogP contribution >= 0.6 is 0 Å². The maximum Gasteiger partial charge on any atom is 0.306 e. The number of allylic oxidation sites excluding steroid dienone is 22. The monoisotopic (exact) mass is 1040 g/mol. The molecule has 0 saturated carbocycles. The lowest BCUT2D eigenvalue weighted by Crippen LogP contribution is -2.30. The Morgan fingerprint density at radius 1 is 0.280 bits per heavy atom. The van der Waals surface area contributed by atoms with E-state index in [0.717, 1.165) is 148 Å². The van der Waals surface area contributed by atoms with Crippen molar-refractivity contribution in [3.8, 4) is 0 Å². The molecule has 0 aliphatic heterocycles. The van der Waals surface area contributed by atoms with E-state index >= 15 is 0 Å². The number of ether oxygens (including phenoxy) is 3. The highest BCUT2D eigenvalue weighted by Crippen LogP contribution is 2.14. The average molecular weight is 1040 g/mol. The molecule has 0 aliphatic rings. The molecule has 0 radical (unpaired) electrons. The summed E-state index contributed by atoms with van der Waals surface area (Å²) in [7, 11) is 0. The molecular weight excluding hydrogens is 925 g/mol. The topological polar surface area (TPSA) is 78.9 Å². The van der Waals surface area contributed by atoms with Crippen molar-refractivity contribution in [1.29, 1.82) is 0 Å². The zero-order chi connectivity index (χ0) is 54.3. The van der Waals surface area contributed by atoms with Gasteiger partial charge in [0.05, 0.1) is 0 Å². The molecule has 0 N–H and O–H groups in total. The molecule has 1 unspecified atom stereocenters. The van der Waals surface area contributed by atoms with Crippen molar-refractivity contribution >= 4 is 17.9 Å². The summed E-state index contributed by atoms with van der Waals surface area (Å²) in [6, 6.07) is 0. The van der Waals surface area contributed by atoms with Crippen LogP contribution in [0.25, 0.3) is 0 Å². The predicted molar refractivity (Wildman–Crippen MR) is 325 cm³/mol. The van der Waals surface area contributed by atoms with Gasteiger partial charge in [-0.25, -0.2) is 0 Å². The summed E-state index contributed by atoms with van der Waals surface area (Å²) in [6.07, 6.45) is 87.6. The van der Waals surface area contributed by atoms with Crippen molar-refractivity contribution in [1.82, 2.24) is 0 Å². The molecule has 0 spiro atoms. The van der Waals surface area contributed by atoms with Gasteiger partial charge in [-0.05, 0) is 122 Å². The molecule has 0 aliphatic carbocycles. The highest BCUT2D eigenvalue weighted by atomic mass is 16.6. The Bertz CT molecular complexity index is 1620. The van der Waals surface area contributed by atoms with Gasteiger partial charge < -0.3 is 14.2 Å². The summed E-state index contributed by atoms with van der Waals surface area (Å²) in [5.41, 5.74) is 0. The van der Waals surface area contributed by atoms with Crippen LogP contribution in [0.5, 0.6) is 0 Å². The van der Waals surface area contributed by atoms with Crippen LogP contribution in [0.15, 0.2) is 134 Å². The van der Waals surface area contributed by atoms with Crippen molar-refractivity contribution in [2.24, 2.45) is 0 Å². The minimum absolute atomic E-state index is 0.0907. The average Bonchev–Trinajstić information content (AvgIpc) is 3.41. The molecule has 0 bridgehead atoms. The molecule has 6 heteroatoms. The van der Waals surface area contributed by atoms with Crippen LogP contribution in [-0.2, 0) is 28.6 Å². The maximum atomic E-state index is 12.8. The lowest BCUT2D eigenvalue weighted by molar-refractivity contribution is -0.167. The molecule has 0 aromatic rings. The summed E-state index contributed by atoms with van der Waals surface area (Å²) in [5.74, 6) is -0.932. The first-order valence-electron chi connectivity index (χ1n) is 30.7. The second-order valence-corrected chi connectivity index (χ2v) is 19.9. The van der Waals surface area contributed by atoms with Gasteiger partial charge in [-0.15, -0.1) is 0 Å². The zero-order valence-corrected chi connectivity index (χ0v) is 48.5. The van der Waals surface area contributed by atoms with E-state index in [1.807, 2.05) is 0 Å². The van der Waals surface area contributed by atoms with Crippen molar-refractivity contribution in [3.05, 3.63) is 134 Å². The first-order chi connectivity index (χ1) is 37.0. The van der Waals surface area contributed by atoms with Crippen molar-refractivity contribution in [2.75, 3.05) is 13.2 Å². The standard InChI is InChI=1S/C69H112O6/c1-4-7-10-13-16-19-21-23-25-26-27-28-29-30-31-32-33-34-35-36-37-38-39-40-41-42-43-44-45-47-48-50-53-56-59-62-68(71)74-65-66(64-73-67(70)61-58-55-52-18-15-12-9-6-3)75-69(72)63-60-57-54-51-49-46-24-22-20-17-14-11-8-5-2/h7,10,16,19,22-25,27-28,30-31,33-34,36-37,39-40,42-43,45,47,66H,4-6,8-9,11-15,17-18,20-21,26,29,32,35,38,41,44,46,48-65H2,1-3H3/b10-7-,19-16-,24-22-,25-23-,28-27-,31-30-,34-33-,37-36-,40-39-,43-42-,47-45-. The maximum absolute atomic E-state index is 12.8. The second-order valence-electron chi connectivity index (χ2n) is 19.9. The van der Waals surface area contributed by atoms with Crippen LogP contribution in [-0.4, -0.2) is 37.2 Å². The Morgan fingerprint density at radius 2 is 0.520 bits per heavy atom. The van der Waals surface area contributed by atoms with E-state index < -0.39 is 6.10 Å². The fraction of sp³-hybridized carbons (Fsp3) is 0.638. The molecule has 0 fully saturated rings. The van der Waals surface area contributed by atoms with Gasteiger partial charge in [0.15, 0.2) is 6.10 Å². The Balaban J connectivity index is 4.22. The summed E-state index contributed by atoms with van der Waals surface area (Å²) >= 11 is 0. The number of esters is 3. The lowest BCUT2D eigenvalue weighted by Gasteiger charge is -2.18. The third-order valence-corrected chi connectivity index (χ3v) is 12.6. The van der Waals surface area contributed by atoms with E-state index in [4.69, 9.17) is 14.2 Å². The van der Waals surface area contributed by atoms with Crippen LogP contribution in [0, 0.1) is 0 Å². The van der Waals surface area contributed by atoms with E-state index in [1.54, 1.807) is 0 Å². The Kier molecular flexibility index (Phi) is 58.4. The molecule has 424 valence electrons. The molecule has 6 nitrogen and oxygen atoms in total. The second kappa shape index (κ2) is 62.1. The Morgan fingerprint density at radius 3 is 0.827 bits per heavy atom. The van der Waals surface area contributed by atoms with Crippen LogP contribution in [0.3, 0.4) is 0 Å². The number of carbonyl (C=O) groups is 3. The van der Waals surface area contributed by atoms with Crippen LogP contribution < -0.4 is 0 Å². The molecular formula is C69H112O6. The lowest BCUT2D eigenvalue weighted by atomic mass is 10.1. The minimum atomic E-state index is -0.793. The van der Waals surface area contributed by atoms with Crippen LogP contribution in [0.1, 0.15) is 265 Å². The minimum Gasteiger partial charge on any atom is -0.462 e. The van der Waals surface area contributed by atoms with Crippen LogP contribution in [0.4, 0.5) is 0 Å². The van der Waals surface area contributed by atoms with Crippen LogP contribution in [0.2, 0.25) is 0 Å².